The molecule has 0 aliphatic rings. The van der Waals surface area contributed by atoms with Gasteiger partial charge in [0, 0.05) is 17.8 Å². The number of nitrogens with zero attached hydrogens (tertiary/aromatic N) is 1. The van der Waals surface area contributed by atoms with Gasteiger partial charge in [0.05, 0.1) is 12.7 Å². The Hall–Kier alpha value is -2.50. The number of aryl methyl sites for hydroxylation is 1. The molecule has 6 heteroatoms. The molecule has 0 saturated carbocycles. The standard InChI is InChI=1S/C14H11F2NO3/c1-8-5-9(14(18)19-2)7-17-13(8)20-10-3-4-11(15)12(16)6-10/h3-7H,1-2H3. The molecule has 1 aromatic carbocycles. The Labute approximate surface area is 114 Å². The molecule has 2 rings (SSSR count). The van der Waals surface area contributed by atoms with Crippen LogP contribution in [0.15, 0.2) is 30.5 Å². The summed E-state index contributed by atoms with van der Waals surface area (Å²) in [5.41, 5.74) is 0.847. The second-order valence-electron chi connectivity index (χ2n) is 4.02. The third-order valence-corrected chi connectivity index (χ3v) is 2.56. The van der Waals surface area contributed by atoms with Crippen molar-refractivity contribution in [2.75, 3.05) is 7.11 Å². The van der Waals surface area contributed by atoms with E-state index >= 15 is 0 Å². The summed E-state index contributed by atoms with van der Waals surface area (Å²) in [7, 11) is 1.27. The van der Waals surface area contributed by atoms with Gasteiger partial charge in [-0.05, 0) is 25.1 Å². The van der Waals surface area contributed by atoms with Crippen molar-refractivity contribution in [2.45, 2.75) is 6.92 Å². The Kier molecular flexibility index (Phi) is 3.93. The highest BCUT2D eigenvalue weighted by Crippen LogP contribution is 2.24. The van der Waals surface area contributed by atoms with Crippen LogP contribution in [0.5, 0.6) is 11.6 Å². The summed E-state index contributed by atoms with van der Waals surface area (Å²) in [5.74, 6) is -2.16. The summed E-state index contributed by atoms with van der Waals surface area (Å²) >= 11 is 0. The molecule has 104 valence electrons. The number of pyridine rings is 1. The lowest BCUT2D eigenvalue weighted by molar-refractivity contribution is 0.0600. The van der Waals surface area contributed by atoms with Crippen LogP contribution in [0.1, 0.15) is 15.9 Å². The van der Waals surface area contributed by atoms with Gasteiger partial charge in [-0.1, -0.05) is 0 Å². The first-order valence-corrected chi connectivity index (χ1v) is 5.69. The van der Waals surface area contributed by atoms with Crippen LogP contribution in [0.4, 0.5) is 8.78 Å². The Bertz CT molecular complexity index is 659. The number of halogens is 2. The van der Waals surface area contributed by atoms with E-state index in [1.807, 2.05) is 0 Å². The number of methoxy groups -OCH3 is 1. The second-order valence-corrected chi connectivity index (χ2v) is 4.02. The summed E-state index contributed by atoms with van der Waals surface area (Å²) in [4.78, 5) is 15.3. The number of ether oxygens (including phenoxy) is 2. The van der Waals surface area contributed by atoms with Gasteiger partial charge in [0.1, 0.15) is 5.75 Å². The van der Waals surface area contributed by atoms with Crippen LogP contribution < -0.4 is 4.74 Å². The minimum atomic E-state index is -1.01. The average Bonchev–Trinajstić information content (AvgIpc) is 2.44. The molecule has 0 aliphatic carbocycles. The van der Waals surface area contributed by atoms with Crippen molar-refractivity contribution in [2.24, 2.45) is 0 Å². The van der Waals surface area contributed by atoms with E-state index < -0.39 is 17.6 Å². The molecule has 0 saturated heterocycles. The Morgan fingerprint density at radius 3 is 2.55 bits per heavy atom. The van der Waals surface area contributed by atoms with Crippen LogP contribution in [0, 0.1) is 18.6 Å². The normalized spacial score (nSPS) is 10.2. The molecule has 4 nitrogen and oxygen atoms in total. The molecule has 1 heterocycles. The summed E-state index contributed by atoms with van der Waals surface area (Å²) in [6.07, 6.45) is 1.29. The molecule has 0 unspecified atom stereocenters. The van der Waals surface area contributed by atoms with Crippen LogP contribution in [0.2, 0.25) is 0 Å². The van der Waals surface area contributed by atoms with E-state index in [1.165, 1.54) is 25.4 Å². The lowest BCUT2D eigenvalue weighted by atomic mass is 10.2. The van der Waals surface area contributed by atoms with Gasteiger partial charge in [0.15, 0.2) is 11.6 Å². The van der Waals surface area contributed by atoms with Crippen molar-refractivity contribution >= 4 is 5.97 Å². The summed E-state index contributed by atoms with van der Waals surface area (Å²) < 4.78 is 35.8. The fourth-order valence-electron chi connectivity index (χ4n) is 1.55. The molecule has 0 radical (unpaired) electrons. The van der Waals surface area contributed by atoms with E-state index in [4.69, 9.17) is 4.74 Å². The SMILES string of the molecule is COC(=O)c1cnc(Oc2ccc(F)c(F)c2)c(C)c1. The molecule has 0 spiro atoms. The minimum Gasteiger partial charge on any atom is -0.465 e. The number of hydrogen-bond acceptors (Lipinski definition) is 4. The predicted octanol–water partition coefficient (Wildman–Crippen LogP) is 3.25. The number of benzene rings is 1. The highest BCUT2D eigenvalue weighted by molar-refractivity contribution is 5.89. The molecule has 0 aliphatic heterocycles. The largest absolute Gasteiger partial charge is 0.465 e. The maximum Gasteiger partial charge on any atom is 0.339 e. The van der Waals surface area contributed by atoms with Crippen molar-refractivity contribution in [3.05, 3.63) is 53.2 Å². The number of rotatable bonds is 3. The second kappa shape index (κ2) is 5.64. The highest BCUT2D eigenvalue weighted by Gasteiger charge is 2.11. The highest BCUT2D eigenvalue weighted by atomic mass is 19.2. The molecular weight excluding hydrogens is 268 g/mol. The van der Waals surface area contributed by atoms with Crippen LogP contribution in [-0.2, 0) is 4.74 Å². The molecule has 0 amide bonds. The number of carbonyl (C=O) groups excluding carboxylic acids is 1. The monoisotopic (exact) mass is 279 g/mol. The Balaban J connectivity index is 2.25. The fourth-order valence-corrected chi connectivity index (χ4v) is 1.55. The predicted molar refractivity (Wildman–Crippen MR) is 66.7 cm³/mol. The summed E-state index contributed by atoms with van der Waals surface area (Å²) in [5, 5.41) is 0. The molecule has 0 bridgehead atoms. The van der Waals surface area contributed by atoms with Crippen LogP contribution >= 0.6 is 0 Å². The van der Waals surface area contributed by atoms with Crippen LogP contribution in [-0.4, -0.2) is 18.1 Å². The Morgan fingerprint density at radius 2 is 1.95 bits per heavy atom. The quantitative estimate of drug-likeness (QED) is 0.809. The van der Waals surface area contributed by atoms with Crippen molar-refractivity contribution in [3.63, 3.8) is 0 Å². The third-order valence-electron chi connectivity index (χ3n) is 2.56. The minimum absolute atomic E-state index is 0.116. The zero-order valence-corrected chi connectivity index (χ0v) is 10.8. The number of carbonyl (C=O) groups is 1. The molecule has 0 atom stereocenters. The van der Waals surface area contributed by atoms with Crippen molar-refractivity contribution in [1.82, 2.24) is 4.98 Å². The first-order chi connectivity index (χ1) is 9.51. The molecule has 0 fully saturated rings. The fraction of sp³-hybridized carbons (Fsp3) is 0.143. The summed E-state index contributed by atoms with van der Waals surface area (Å²) in [6.45, 7) is 1.68. The van der Waals surface area contributed by atoms with Crippen molar-refractivity contribution in [1.29, 1.82) is 0 Å². The number of hydrogen-bond donors (Lipinski definition) is 0. The zero-order chi connectivity index (χ0) is 14.7. The van der Waals surface area contributed by atoms with Gasteiger partial charge in [-0.25, -0.2) is 18.6 Å². The smallest absolute Gasteiger partial charge is 0.339 e. The topological polar surface area (TPSA) is 48.4 Å². The van der Waals surface area contributed by atoms with E-state index in [9.17, 15) is 13.6 Å². The van der Waals surface area contributed by atoms with Crippen LogP contribution in [0.25, 0.3) is 0 Å². The average molecular weight is 279 g/mol. The van der Waals surface area contributed by atoms with Crippen molar-refractivity contribution in [3.8, 4) is 11.6 Å². The maximum atomic E-state index is 13.1. The third kappa shape index (κ3) is 2.90. The van der Waals surface area contributed by atoms with Crippen molar-refractivity contribution < 1.29 is 23.0 Å². The van der Waals surface area contributed by atoms with E-state index in [1.54, 1.807) is 6.92 Å². The number of aromatic nitrogens is 1. The number of esters is 1. The van der Waals surface area contributed by atoms with E-state index in [2.05, 4.69) is 9.72 Å². The first kappa shape index (κ1) is 13.9. The first-order valence-electron chi connectivity index (χ1n) is 5.69. The van der Waals surface area contributed by atoms with Gasteiger partial charge in [-0.3, -0.25) is 0 Å². The Morgan fingerprint density at radius 1 is 1.20 bits per heavy atom. The van der Waals surface area contributed by atoms with E-state index in [0.29, 0.717) is 5.56 Å². The van der Waals surface area contributed by atoms with Gasteiger partial charge >= 0.3 is 5.97 Å². The molecule has 20 heavy (non-hydrogen) atoms. The lowest BCUT2D eigenvalue weighted by Crippen LogP contribution is -2.03. The van der Waals surface area contributed by atoms with Gasteiger partial charge in [0.25, 0.3) is 0 Å². The molecule has 2 aromatic rings. The van der Waals surface area contributed by atoms with Crippen LogP contribution in [0.3, 0.4) is 0 Å². The maximum absolute atomic E-state index is 13.1. The van der Waals surface area contributed by atoms with Gasteiger partial charge in [-0.2, -0.15) is 0 Å². The summed E-state index contributed by atoms with van der Waals surface area (Å²) in [6, 6.07) is 4.70. The van der Waals surface area contributed by atoms with E-state index in [0.717, 1.165) is 12.1 Å². The molecule has 1 aromatic heterocycles. The van der Waals surface area contributed by atoms with Gasteiger partial charge < -0.3 is 9.47 Å². The van der Waals surface area contributed by atoms with E-state index in [-0.39, 0.29) is 17.2 Å². The van der Waals surface area contributed by atoms with Gasteiger partial charge in [0.2, 0.25) is 5.88 Å². The van der Waals surface area contributed by atoms with Gasteiger partial charge in [-0.15, -0.1) is 0 Å². The molecular formula is C14H11F2NO3. The molecule has 0 N–H and O–H groups in total. The zero-order valence-electron chi connectivity index (χ0n) is 10.8. The lowest BCUT2D eigenvalue weighted by Gasteiger charge is -2.08.